The van der Waals surface area contributed by atoms with E-state index in [-0.39, 0.29) is 13.0 Å². The second kappa shape index (κ2) is 5.92. The van der Waals surface area contributed by atoms with Gasteiger partial charge in [0.1, 0.15) is 18.3 Å². The third-order valence-corrected chi connectivity index (χ3v) is 4.05. The number of nitrogens with one attached hydrogen (secondary N) is 1. The highest BCUT2D eigenvalue weighted by Crippen LogP contribution is 2.44. The molecule has 5 atom stereocenters. The van der Waals surface area contributed by atoms with E-state index < -0.39 is 54.2 Å². The van der Waals surface area contributed by atoms with E-state index in [2.05, 4.69) is 5.32 Å². The summed E-state index contributed by atoms with van der Waals surface area (Å²) in [5.41, 5.74) is 0. The number of ether oxygens (including phenoxy) is 5. The van der Waals surface area contributed by atoms with Crippen molar-refractivity contribution in [3.63, 3.8) is 0 Å². The van der Waals surface area contributed by atoms with Crippen molar-refractivity contribution in [1.29, 1.82) is 0 Å². The van der Waals surface area contributed by atoms with Gasteiger partial charge >= 0.3 is 5.97 Å². The van der Waals surface area contributed by atoms with Crippen molar-refractivity contribution >= 4 is 11.9 Å². The fraction of sp³-hybridized carbons (Fsp3) is 0.867. The lowest BCUT2D eigenvalue weighted by molar-refractivity contribution is -0.231. The van der Waals surface area contributed by atoms with E-state index in [0.717, 1.165) is 0 Å². The van der Waals surface area contributed by atoms with Crippen LogP contribution in [0.25, 0.3) is 0 Å². The number of carboxylic acid groups (broad SMARTS) is 1. The third kappa shape index (κ3) is 3.40. The van der Waals surface area contributed by atoms with Gasteiger partial charge in [0.05, 0.1) is 6.42 Å². The number of aliphatic carboxylic acids is 1. The number of hydrogen-bond donors (Lipinski definition) is 2. The first-order valence-corrected chi connectivity index (χ1v) is 7.94. The van der Waals surface area contributed by atoms with Crippen molar-refractivity contribution in [1.82, 2.24) is 5.32 Å². The molecule has 3 aliphatic heterocycles. The Morgan fingerprint density at radius 2 is 1.54 bits per heavy atom. The van der Waals surface area contributed by atoms with Gasteiger partial charge in [0.15, 0.2) is 24.0 Å². The van der Waals surface area contributed by atoms with Crippen LogP contribution in [-0.4, -0.2) is 65.8 Å². The topological polar surface area (TPSA) is 113 Å². The summed E-state index contributed by atoms with van der Waals surface area (Å²) < 4.78 is 29.0. The number of hydrogen-bond acceptors (Lipinski definition) is 7. The minimum Gasteiger partial charge on any atom is -0.481 e. The van der Waals surface area contributed by atoms with Gasteiger partial charge in [0.2, 0.25) is 0 Å². The molecule has 3 fully saturated rings. The van der Waals surface area contributed by atoms with E-state index in [4.69, 9.17) is 28.8 Å². The molecular formula is C15H23NO8. The van der Waals surface area contributed by atoms with Crippen LogP contribution < -0.4 is 5.32 Å². The molecular weight excluding hydrogens is 322 g/mol. The first kappa shape index (κ1) is 17.6. The van der Waals surface area contributed by atoms with Gasteiger partial charge in [-0.15, -0.1) is 0 Å². The van der Waals surface area contributed by atoms with Gasteiger partial charge in [-0.1, -0.05) is 0 Å². The van der Waals surface area contributed by atoms with Crippen molar-refractivity contribution in [3.05, 3.63) is 0 Å². The lowest BCUT2D eigenvalue weighted by Crippen LogP contribution is -2.59. The molecule has 9 nitrogen and oxygen atoms in total. The first-order valence-electron chi connectivity index (χ1n) is 7.94. The molecule has 0 saturated carbocycles. The summed E-state index contributed by atoms with van der Waals surface area (Å²) in [6.45, 7) is 7.02. The molecule has 0 aromatic heterocycles. The van der Waals surface area contributed by atoms with E-state index in [1.54, 1.807) is 27.7 Å². The Labute approximate surface area is 139 Å². The zero-order valence-electron chi connectivity index (χ0n) is 14.1. The Morgan fingerprint density at radius 1 is 0.958 bits per heavy atom. The van der Waals surface area contributed by atoms with Gasteiger partial charge in [-0.3, -0.25) is 9.59 Å². The summed E-state index contributed by atoms with van der Waals surface area (Å²) in [5, 5.41) is 11.2. The predicted molar refractivity (Wildman–Crippen MR) is 77.8 cm³/mol. The molecule has 0 radical (unpaired) electrons. The van der Waals surface area contributed by atoms with Crippen LogP contribution in [0.5, 0.6) is 0 Å². The van der Waals surface area contributed by atoms with Crippen LogP contribution in [0.2, 0.25) is 0 Å². The molecule has 0 unspecified atom stereocenters. The van der Waals surface area contributed by atoms with E-state index in [0.29, 0.717) is 0 Å². The average Bonchev–Trinajstić information content (AvgIpc) is 2.91. The molecule has 2 N–H and O–H groups in total. The highest BCUT2D eigenvalue weighted by molar-refractivity contribution is 5.82. The summed E-state index contributed by atoms with van der Waals surface area (Å²) >= 11 is 0. The SMILES string of the molecule is CC1(C)O[C@@H]2O[C@@H](C(=O)NCCC(=O)O)[C@H]3OC(C)(C)O[C@H]3[C@H]2O1. The van der Waals surface area contributed by atoms with Gasteiger partial charge < -0.3 is 34.1 Å². The predicted octanol–water partition coefficient (Wildman–Crippen LogP) is -0.0262. The van der Waals surface area contributed by atoms with E-state index in [1.807, 2.05) is 0 Å². The number of fused-ring (bicyclic) bond motifs is 3. The van der Waals surface area contributed by atoms with Crippen molar-refractivity contribution < 1.29 is 38.4 Å². The Balaban J connectivity index is 1.75. The van der Waals surface area contributed by atoms with Gasteiger partial charge in [-0.05, 0) is 27.7 Å². The first-order chi connectivity index (χ1) is 11.1. The van der Waals surface area contributed by atoms with E-state index >= 15 is 0 Å². The zero-order chi connectivity index (χ0) is 17.7. The number of rotatable bonds is 4. The minimum atomic E-state index is -0.992. The largest absolute Gasteiger partial charge is 0.481 e. The van der Waals surface area contributed by atoms with Crippen molar-refractivity contribution in [2.45, 2.75) is 76.4 Å². The molecule has 0 bridgehead atoms. The van der Waals surface area contributed by atoms with Crippen LogP contribution in [0, 0.1) is 0 Å². The lowest BCUT2D eigenvalue weighted by Gasteiger charge is -2.36. The Hall–Kier alpha value is -1.26. The zero-order valence-corrected chi connectivity index (χ0v) is 14.1. The summed E-state index contributed by atoms with van der Waals surface area (Å²) in [6, 6.07) is 0. The Kier molecular flexibility index (Phi) is 4.33. The molecule has 0 aliphatic carbocycles. The summed E-state index contributed by atoms with van der Waals surface area (Å²) in [7, 11) is 0. The number of carbonyl (C=O) groups excluding carboxylic acids is 1. The van der Waals surface area contributed by atoms with Crippen molar-refractivity contribution in [2.75, 3.05) is 6.54 Å². The monoisotopic (exact) mass is 345 g/mol. The fourth-order valence-corrected chi connectivity index (χ4v) is 3.22. The molecule has 0 aromatic rings. The maximum atomic E-state index is 12.4. The molecule has 3 rings (SSSR count). The Morgan fingerprint density at radius 3 is 2.21 bits per heavy atom. The number of carboxylic acids is 1. The van der Waals surface area contributed by atoms with Crippen molar-refractivity contribution in [2.24, 2.45) is 0 Å². The molecule has 1 amide bonds. The van der Waals surface area contributed by atoms with Gasteiger partial charge in [0, 0.05) is 6.54 Å². The van der Waals surface area contributed by atoms with E-state index in [1.165, 1.54) is 0 Å². The van der Waals surface area contributed by atoms with Gasteiger partial charge in [0.25, 0.3) is 5.91 Å². The maximum Gasteiger partial charge on any atom is 0.305 e. The van der Waals surface area contributed by atoms with Crippen molar-refractivity contribution in [3.8, 4) is 0 Å². The number of carbonyl (C=O) groups is 2. The molecule has 9 heteroatoms. The van der Waals surface area contributed by atoms with E-state index in [9.17, 15) is 9.59 Å². The van der Waals surface area contributed by atoms with Gasteiger partial charge in [-0.2, -0.15) is 0 Å². The summed E-state index contributed by atoms with van der Waals surface area (Å²) in [5.74, 6) is -3.19. The minimum absolute atomic E-state index is 0.00656. The van der Waals surface area contributed by atoms with Crippen LogP contribution in [-0.2, 0) is 33.3 Å². The highest BCUT2D eigenvalue weighted by Gasteiger charge is 2.62. The third-order valence-electron chi connectivity index (χ3n) is 4.05. The highest BCUT2D eigenvalue weighted by atomic mass is 16.9. The maximum absolute atomic E-state index is 12.4. The molecule has 3 heterocycles. The second-order valence-electron chi connectivity index (χ2n) is 7.02. The van der Waals surface area contributed by atoms with Crippen LogP contribution >= 0.6 is 0 Å². The number of amides is 1. The standard InChI is InChI=1S/C15H23NO8/c1-14(2)21-8-9(22-14)11-13(24-15(3,4)23-11)20-10(8)12(19)16-6-5-7(17)18/h8-11,13H,5-6H2,1-4H3,(H,16,19)(H,17,18)/t8-,9+,10+,11+,13-/m0/s1. The molecule has 0 spiro atoms. The Bertz CT molecular complexity index is 534. The fourth-order valence-electron chi connectivity index (χ4n) is 3.22. The quantitative estimate of drug-likeness (QED) is 0.731. The average molecular weight is 345 g/mol. The molecule has 3 aliphatic rings. The summed E-state index contributed by atoms with van der Waals surface area (Å²) in [6.07, 6.45) is -3.58. The van der Waals surface area contributed by atoms with Crippen LogP contribution in [0.15, 0.2) is 0 Å². The van der Waals surface area contributed by atoms with Crippen LogP contribution in [0.1, 0.15) is 34.1 Å². The van der Waals surface area contributed by atoms with Crippen LogP contribution in [0.3, 0.4) is 0 Å². The smallest absolute Gasteiger partial charge is 0.305 e. The second-order valence-corrected chi connectivity index (χ2v) is 7.02. The molecule has 3 saturated heterocycles. The van der Waals surface area contributed by atoms with Gasteiger partial charge in [-0.25, -0.2) is 0 Å². The summed E-state index contributed by atoms with van der Waals surface area (Å²) in [4.78, 5) is 23.0. The molecule has 0 aromatic carbocycles. The molecule has 136 valence electrons. The van der Waals surface area contributed by atoms with Crippen LogP contribution in [0.4, 0.5) is 0 Å². The lowest BCUT2D eigenvalue weighted by atomic mass is 9.98. The normalized spacial score (nSPS) is 39.1. The molecule has 24 heavy (non-hydrogen) atoms.